The molecular formula is C22H29N3O2. The van der Waals surface area contributed by atoms with Gasteiger partial charge in [0.15, 0.2) is 5.82 Å². The molecule has 2 aromatic rings. The van der Waals surface area contributed by atoms with Crippen molar-refractivity contribution in [1.82, 2.24) is 14.9 Å². The van der Waals surface area contributed by atoms with Crippen molar-refractivity contribution >= 4 is 5.91 Å². The summed E-state index contributed by atoms with van der Waals surface area (Å²) >= 11 is 0. The van der Waals surface area contributed by atoms with Crippen molar-refractivity contribution in [3.63, 3.8) is 0 Å². The molecule has 0 spiro atoms. The van der Waals surface area contributed by atoms with Gasteiger partial charge in [0.25, 0.3) is 0 Å². The molecule has 0 fully saturated rings. The van der Waals surface area contributed by atoms with E-state index >= 15 is 0 Å². The summed E-state index contributed by atoms with van der Waals surface area (Å²) in [5.41, 5.74) is 3.09. The lowest BCUT2D eigenvalue weighted by atomic mass is 9.98. The Morgan fingerprint density at radius 3 is 2.59 bits per heavy atom. The molecule has 1 aromatic heterocycles. The van der Waals surface area contributed by atoms with Crippen LogP contribution in [0.1, 0.15) is 44.4 Å². The Morgan fingerprint density at radius 1 is 1.15 bits per heavy atom. The van der Waals surface area contributed by atoms with Crippen LogP contribution in [0.5, 0.6) is 5.88 Å². The summed E-state index contributed by atoms with van der Waals surface area (Å²) in [7, 11) is 1.91. The fourth-order valence-electron chi connectivity index (χ4n) is 3.72. The van der Waals surface area contributed by atoms with E-state index in [9.17, 15) is 4.79 Å². The summed E-state index contributed by atoms with van der Waals surface area (Å²) in [4.78, 5) is 24.2. The Bertz CT molecular complexity index is 777. The molecule has 1 heterocycles. The van der Waals surface area contributed by atoms with Crippen molar-refractivity contribution in [2.75, 3.05) is 20.2 Å². The van der Waals surface area contributed by atoms with Gasteiger partial charge in [-0.05, 0) is 39.0 Å². The SMILES string of the molecule is CCCN(C)C(=O)C1CCc2nc(-c3ccccc3)nc(OCC)c2CC1. The number of nitrogens with zero attached hydrogens (tertiary/aromatic N) is 3. The molecule has 1 aliphatic rings. The maximum Gasteiger partial charge on any atom is 0.225 e. The topological polar surface area (TPSA) is 55.3 Å². The molecule has 144 valence electrons. The third kappa shape index (κ3) is 4.46. The second kappa shape index (κ2) is 8.98. The van der Waals surface area contributed by atoms with E-state index in [2.05, 4.69) is 6.92 Å². The molecule has 1 unspecified atom stereocenters. The monoisotopic (exact) mass is 367 g/mol. The van der Waals surface area contributed by atoms with Gasteiger partial charge in [-0.25, -0.2) is 4.98 Å². The predicted octanol–water partition coefficient (Wildman–Crippen LogP) is 3.91. The smallest absolute Gasteiger partial charge is 0.225 e. The van der Waals surface area contributed by atoms with Crippen LogP contribution in [0.25, 0.3) is 11.4 Å². The van der Waals surface area contributed by atoms with Crippen molar-refractivity contribution in [3.8, 4) is 17.3 Å². The quantitative estimate of drug-likeness (QED) is 0.727. The van der Waals surface area contributed by atoms with E-state index in [1.807, 2.05) is 49.2 Å². The molecule has 3 rings (SSSR count). The summed E-state index contributed by atoms with van der Waals surface area (Å²) in [6.07, 6.45) is 4.21. The maximum absolute atomic E-state index is 12.7. The number of ether oxygens (including phenoxy) is 1. The number of aryl methyl sites for hydroxylation is 1. The van der Waals surface area contributed by atoms with Crippen LogP contribution in [0, 0.1) is 5.92 Å². The summed E-state index contributed by atoms with van der Waals surface area (Å²) in [6, 6.07) is 9.99. The molecular weight excluding hydrogens is 338 g/mol. The zero-order valence-corrected chi connectivity index (χ0v) is 16.6. The van der Waals surface area contributed by atoms with E-state index in [1.54, 1.807) is 0 Å². The highest BCUT2D eigenvalue weighted by Crippen LogP contribution is 2.32. The number of hydrogen-bond donors (Lipinski definition) is 0. The zero-order valence-electron chi connectivity index (χ0n) is 16.6. The van der Waals surface area contributed by atoms with Gasteiger partial charge < -0.3 is 9.64 Å². The van der Waals surface area contributed by atoms with Crippen molar-refractivity contribution in [1.29, 1.82) is 0 Å². The van der Waals surface area contributed by atoms with Gasteiger partial charge in [-0.3, -0.25) is 4.79 Å². The Kier molecular flexibility index (Phi) is 6.43. The van der Waals surface area contributed by atoms with Crippen LogP contribution in [0.4, 0.5) is 0 Å². The van der Waals surface area contributed by atoms with Gasteiger partial charge in [0.05, 0.1) is 12.3 Å². The lowest BCUT2D eigenvalue weighted by molar-refractivity contribution is -0.134. The molecule has 1 aliphatic carbocycles. The zero-order chi connectivity index (χ0) is 19.2. The molecule has 5 nitrogen and oxygen atoms in total. The van der Waals surface area contributed by atoms with E-state index in [0.29, 0.717) is 18.3 Å². The van der Waals surface area contributed by atoms with Crippen molar-refractivity contribution in [2.24, 2.45) is 5.92 Å². The Balaban J connectivity index is 1.88. The molecule has 27 heavy (non-hydrogen) atoms. The average Bonchev–Trinajstić information content (AvgIpc) is 2.91. The van der Waals surface area contributed by atoms with Gasteiger partial charge in [0, 0.05) is 30.6 Å². The fourth-order valence-corrected chi connectivity index (χ4v) is 3.72. The van der Waals surface area contributed by atoms with Gasteiger partial charge in [-0.15, -0.1) is 0 Å². The van der Waals surface area contributed by atoms with E-state index < -0.39 is 0 Å². The summed E-state index contributed by atoms with van der Waals surface area (Å²) < 4.78 is 5.86. The first-order chi connectivity index (χ1) is 13.1. The van der Waals surface area contributed by atoms with Gasteiger partial charge in [-0.2, -0.15) is 4.98 Å². The highest BCUT2D eigenvalue weighted by molar-refractivity contribution is 5.78. The second-order valence-corrected chi connectivity index (χ2v) is 7.11. The van der Waals surface area contributed by atoms with E-state index in [1.165, 1.54) is 0 Å². The van der Waals surface area contributed by atoms with E-state index in [-0.39, 0.29) is 11.8 Å². The fraction of sp³-hybridized carbons (Fsp3) is 0.500. The highest BCUT2D eigenvalue weighted by atomic mass is 16.5. The molecule has 1 atom stereocenters. The van der Waals surface area contributed by atoms with Crippen LogP contribution in [0.2, 0.25) is 0 Å². The number of rotatable bonds is 6. The summed E-state index contributed by atoms with van der Waals surface area (Å²) in [5.74, 6) is 1.67. The van der Waals surface area contributed by atoms with Crippen LogP contribution in [0.3, 0.4) is 0 Å². The molecule has 0 bridgehead atoms. The summed E-state index contributed by atoms with van der Waals surface area (Å²) in [6.45, 7) is 5.45. The third-order valence-corrected chi connectivity index (χ3v) is 5.12. The Hall–Kier alpha value is -2.43. The molecule has 1 aromatic carbocycles. The lowest BCUT2D eigenvalue weighted by Crippen LogP contribution is -2.33. The number of benzene rings is 1. The molecule has 0 saturated carbocycles. The van der Waals surface area contributed by atoms with Crippen LogP contribution < -0.4 is 4.74 Å². The lowest BCUT2D eigenvalue weighted by Gasteiger charge is -2.22. The van der Waals surface area contributed by atoms with Crippen molar-refractivity contribution in [3.05, 3.63) is 41.6 Å². The van der Waals surface area contributed by atoms with Crippen molar-refractivity contribution < 1.29 is 9.53 Å². The van der Waals surface area contributed by atoms with Crippen molar-refractivity contribution in [2.45, 2.75) is 46.0 Å². The number of amides is 1. The largest absolute Gasteiger partial charge is 0.478 e. The number of carbonyl (C=O) groups is 1. The number of fused-ring (bicyclic) bond motifs is 1. The molecule has 0 radical (unpaired) electrons. The Morgan fingerprint density at radius 2 is 1.89 bits per heavy atom. The van der Waals surface area contributed by atoms with Gasteiger partial charge in [0.2, 0.25) is 11.8 Å². The minimum absolute atomic E-state index is 0.0467. The van der Waals surface area contributed by atoms with Crippen LogP contribution >= 0.6 is 0 Å². The minimum Gasteiger partial charge on any atom is -0.478 e. The number of hydrogen-bond acceptors (Lipinski definition) is 4. The van der Waals surface area contributed by atoms with E-state index in [4.69, 9.17) is 14.7 Å². The molecule has 5 heteroatoms. The standard InChI is InChI=1S/C22H29N3O2/c1-4-15-25(3)22(26)17-11-13-18-19(14-12-17)23-20(24-21(18)27-5-2)16-9-7-6-8-10-16/h6-10,17H,4-5,11-15H2,1-3H3. The molecule has 0 aliphatic heterocycles. The Labute approximate surface area is 161 Å². The normalized spacial score (nSPS) is 16.3. The van der Waals surface area contributed by atoms with Crippen LogP contribution in [0.15, 0.2) is 30.3 Å². The van der Waals surface area contributed by atoms with Gasteiger partial charge >= 0.3 is 0 Å². The van der Waals surface area contributed by atoms with E-state index in [0.717, 1.165) is 55.5 Å². The first-order valence-electron chi connectivity index (χ1n) is 9.97. The van der Waals surface area contributed by atoms with Gasteiger partial charge in [0.1, 0.15) is 0 Å². The predicted molar refractivity (Wildman–Crippen MR) is 107 cm³/mol. The highest BCUT2D eigenvalue weighted by Gasteiger charge is 2.28. The number of aromatic nitrogens is 2. The maximum atomic E-state index is 12.7. The molecule has 0 saturated heterocycles. The average molecular weight is 367 g/mol. The third-order valence-electron chi connectivity index (χ3n) is 5.12. The first kappa shape index (κ1) is 19.3. The second-order valence-electron chi connectivity index (χ2n) is 7.11. The summed E-state index contributed by atoms with van der Waals surface area (Å²) in [5, 5.41) is 0. The first-order valence-corrected chi connectivity index (χ1v) is 9.97. The van der Waals surface area contributed by atoms with Crippen LogP contribution in [-0.4, -0.2) is 41.0 Å². The molecule has 1 amide bonds. The van der Waals surface area contributed by atoms with Gasteiger partial charge in [-0.1, -0.05) is 37.3 Å². The minimum atomic E-state index is 0.0467. The molecule has 0 N–H and O–H groups in total. The van der Waals surface area contributed by atoms with Crippen LogP contribution in [-0.2, 0) is 17.6 Å². The number of carbonyl (C=O) groups excluding carboxylic acids is 1.